The Hall–Kier alpha value is -2.66. The zero-order valence-corrected chi connectivity index (χ0v) is 17.8. The van der Waals surface area contributed by atoms with E-state index in [0.717, 1.165) is 22.2 Å². The second-order valence-corrected chi connectivity index (χ2v) is 9.51. The summed E-state index contributed by atoms with van der Waals surface area (Å²) in [6.45, 7) is 0.792. The standard InChI is InChI=1S/C19H20N2O7S2/c1-10(22)28-9-12-15(18(25)26)21-16(24)14(17(21)30(27)19(12)29-2)20-13(23)8-11-6-4-3-5-7-11/h3-7,14,17,19H,8-9H2,1-2H3,(H,20,23)(H,25,26)/t14-,17-,19?,30?/m1/s1. The van der Waals surface area contributed by atoms with E-state index in [2.05, 4.69) is 5.32 Å². The predicted octanol–water partition coefficient (Wildman–Crippen LogP) is 0.235. The largest absolute Gasteiger partial charge is 0.477 e. The number of nitrogens with zero attached hydrogens (tertiary/aromatic N) is 1. The molecule has 4 atom stereocenters. The monoisotopic (exact) mass is 452 g/mol. The number of carboxylic acids is 1. The predicted molar refractivity (Wildman–Crippen MR) is 109 cm³/mol. The van der Waals surface area contributed by atoms with Gasteiger partial charge in [0.15, 0.2) is 0 Å². The fraction of sp³-hybridized carbons (Fsp3) is 0.368. The van der Waals surface area contributed by atoms with Gasteiger partial charge in [-0.1, -0.05) is 30.3 Å². The number of hydrogen-bond donors (Lipinski definition) is 2. The molecule has 2 aliphatic heterocycles. The van der Waals surface area contributed by atoms with E-state index in [0.29, 0.717) is 0 Å². The molecule has 0 aromatic heterocycles. The minimum absolute atomic E-state index is 0.0370. The van der Waals surface area contributed by atoms with Crippen LogP contribution in [0.4, 0.5) is 0 Å². The van der Waals surface area contributed by atoms with Crippen molar-refractivity contribution in [2.75, 3.05) is 12.9 Å². The topological polar surface area (TPSA) is 130 Å². The number of benzene rings is 1. The summed E-state index contributed by atoms with van der Waals surface area (Å²) < 4.78 is 17.2. The molecular weight excluding hydrogens is 432 g/mol. The Kier molecular flexibility index (Phi) is 6.61. The molecule has 0 radical (unpaired) electrons. The zero-order chi connectivity index (χ0) is 22.0. The maximum absolute atomic E-state index is 13.1. The summed E-state index contributed by atoms with van der Waals surface area (Å²) in [4.78, 5) is 49.1. The summed E-state index contributed by atoms with van der Waals surface area (Å²) in [5, 5.41) is 11.3. The number of esters is 1. The molecule has 2 heterocycles. The summed E-state index contributed by atoms with van der Waals surface area (Å²) in [6.07, 6.45) is 1.68. The number of rotatable bonds is 7. The lowest BCUT2D eigenvalue weighted by molar-refractivity contribution is -0.151. The second kappa shape index (κ2) is 9.00. The quantitative estimate of drug-likeness (QED) is 0.444. The lowest BCUT2D eigenvalue weighted by Gasteiger charge is -2.50. The molecule has 0 spiro atoms. The van der Waals surface area contributed by atoms with Crippen molar-refractivity contribution in [3.63, 3.8) is 0 Å². The zero-order valence-electron chi connectivity index (χ0n) is 16.2. The Morgan fingerprint density at radius 3 is 2.50 bits per heavy atom. The molecule has 9 nitrogen and oxygen atoms in total. The van der Waals surface area contributed by atoms with E-state index >= 15 is 0 Å². The Bertz CT molecular complexity index is 947. The number of thioether (sulfide) groups is 1. The summed E-state index contributed by atoms with van der Waals surface area (Å²) >= 11 is 1.14. The van der Waals surface area contributed by atoms with Crippen molar-refractivity contribution in [2.24, 2.45) is 0 Å². The molecule has 2 amide bonds. The number of hydrogen-bond acceptors (Lipinski definition) is 7. The van der Waals surface area contributed by atoms with Gasteiger partial charge in [0, 0.05) is 12.5 Å². The molecule has 160 valence electrons. The van der Waals surface area contributed by atoms with Gasteiger partial charge in [-0.15, -0.1) is 11.8 Å². The molecular formula is C19H20N2O7S2. The second-order valence-electron chi connectivity index (χ2n) is 6.66. The van der Waals surface area contributed by atoms with Crippen LogP contribution in [0.25, 0.3) is 0 Å². The fourth-order valence-electron chi connectivity index (χ4n) is 3.40. The van der Waals surface area contributed by atoms with Crippen molar-refractivity contribution in [3.8, 4) is 0 Å². The molecule has 3 rings (SSSR count). The van der Waals surface area contributed by atoms with Crippen molar-refractivity contribution in [2.45, 2.75) is 29.3 Å². The van der Waals surface area contributed by atoms with Crippen LogP contribution in [0.3, 0.4) is 0 Å². The Balaban J connectivity index is 1.85. The van der Waals surface area contributed by atoms with Crippen LogP contribution in [0.2, 0.25) is 0 Å². The number of β-lactam (4-membered cyclic amide) rings is 1. The number of carboxylic acid groups (broad SMARTS) is 1. The molecule has 1 fully saturated rings. The van der Waals surface area contributed by atoms with Crippen LogP contribution in [0.5, 0.6) is 0 Å². The lowest BCUT2D eigenvalue weighted by atomic mass is 10.0. The van der Waals surface area contributed by atoms with Crippen LogP contribution in [0.15, 0.2) is 41.6 Å². The van der Waals surface area contributed by atoms with Crippen molar-refractivity contribution in [1.82, 2.24) is 10.2 Å². The van der Waals surface area contributed by atoms with E-state index in [-0.39, 0.29) is 24.3 Å². The number of carbonyl (C=O) groups excluding carboxylic acids is 3. The van der Waals surface area contributed by atoms with E-state index < -0.39 is 50.6 Å². The van der Waals surface area contributed by atoms with Crippen LogP contribution in [0, 0.1) is 0 Å². The van der Waals surface area contributed by atoms with Gasteiger partial charge in [0.25, 0.3) is 5.91 Å². The van der Waals surface area contributed by atoms with Gasteiger partial charge in [-0.25, -0.2) is 4.79 Å². The molecule has 0 saturated carbocycles. The van der Waals surface area contributed by atoms with Gasteiger partial charge < -0.3 is 15.2 Å². The third-order valence-corrected chi connectivity index (χ3v) is 8.22. The van der Waals surface area contributed by atoms with E-state index in [9.17, 15) is 28.5 Å². The lowest BCUT2D eigenvalue weighted by Crippen LogP contribution is -2.74. The number of fused-ring (bicyclic) bond motifs is 1. The Morgan fingerprint density at radius 1 is 1.27 bits per heavy atom. The molecule has 2 N–H and O–H groups in total. The van der Waals surface area contributed by atoms with Gasteiger partial charge in [0.05, 0.1) is 17.2 Å². The van der Waals surface area contributed by atoms with E-state index in [1.165, 1.54) is 6.92 Å². The third-order valence-electron chi connectivity index (χ3n) is 4.69. The van der Waals surface area contributed by atoms with Gasteiger partial charge in [0.2, 0.25) is 5.91 Å². The molecule has 2 aliphatic rings. The first kappa shape index (κ1) is 22.0. The third kappa shape index (κ3) is 4.12. The van der Waals surface area contributed by atoms with Crippen molar-refractivity contribution < 1.29 is 33.2 Å². The van der Waals surface area contributed by atoms with Gasteiger partial charge in [-0.05, 0) is 11.8 Å². The van der Waals surface area contributed by atoms with Crippen LogP contribution >= 0.6 is 11.8 Å². The smallest absolute Gasteiger partial charge is 0.352 e. The minimum Gasteiger partial charge on any atom is -0.477 e. The van der Waals surface area contributed by atoms with Crippen molar-refractivity contribution in [1.29, 1.82) is 0 Å². The molecule has 0 aliphatic carbocycles. The highest BCUT2D eigenvalue weighted by Crippen LogP contribution is 2.41. The normalized spacial score (nSPS) is 25.3. The number of nitrogens with one attached hydrogen (secondary N) is 1. The van der Waals surface area contributed by atoms with Crippen LogP contribution in [0.1, 0.15) is 12.5 Å². The first-order valence-corrected chi connectivity index (χ1v) is 11.5. The summed E-state index contributed by atoms with van der Waals surface area (Å²) in [5.74, 6) is -3.10. The van der Waals surface area contributed by atoms with E-state index in [1.54, 1.807) is 30.5 Å². The van der Waals surface area contributed by atoms with E-state index in [1.807, 2.05) is 6.07 Å². The average Bonchev–Trinajstić information content (AvgIpc) is 2.70. The summed E-state index contributed by atoms with van der Waals surface area (Å²) in [6, 6.07) is 7.84. The average molecular weight is 453 g/mol. The molecule has 1 aromatic carbocycles. The highest BCUT2D eigenvalue weighted by Gasteiger charge is 2.59. The molecule has 1 saturated heterocycles. The van der Waals surface area contributed by atoms with Crippen LogP contribution in [-0.2, 0) is 41.1 Å². The number of carbonyl (C=O) groups is 4. The highest BCUT2D eigenvalue weighted by atomic mass is 32.2. The Labute approximate surface area is 179 Å². The van der Waals surface area contributed by atoms with E-state index in [4.69, 9.17) is 4.74 Å². The molecule has 0 bridgehead atoms. The van der Waals surface area contributed by atoms with Gasteiger partial charge in [-0.3, -0.25) is 23.5 Å². The molecule has 1 aromatic rings. The maximum Gasteiger partial charge on any atom is 0.352 e. The van der Waals surface area contributed by atoms with Gasteiger partial charge >= 0.3 is 11.9 Å². The number of aliphatic carboxylic acids is 1. The fourth-order valence-corrected chi connectivity index (χ4v) is 6.55. The molecule has 30 heavy (non-hydrogen) atoms. The SMILES string of the molecule is CSC1C(COC(C)=O)=C(C(=O)O)N2C(=O)[C@@H](NC(=O)Cc3ccccc3)[C@H]2S1=O. The number of amides is 2. The molecule has 2 unspecified atom stereocenters. The highest BCUT2D eigenvalue weighted by molar-refractivity contribution is 8.11. The Morgan fingerprint density at radius 2 is 1.93 bits per heavy atom. The van der Waals surface area contributed by atoms with Gasteiger partial charge in [0.1, 0.15) is 28.3 Å². The van der Waals surface area contributed by atoms with Crippen molar-refractivity contribution >= 4 is 46.3 Å². The van der Waals surface area contributed by atoms with Crippen LogP contribution in [-0.4, -0.2) is 66.8 Å². The summed E-state index contributed by atoms with van der Waals surface area (Å²) in [5.41, 5.74) is 0.501. The van der Waals surface area contributed by atoms with Crippen molar-refractivity contribution in [3.05, 3.63) is 47.2 Å². The van der Waals surface area contributed by atoms with Gasteiger partial charge in [-0.2, -0.15) is 0 Å². The minimum atomic E-state index is -1.72. The van der Waals surface area contributed by atoms with Crippen LogP contribution < -0.4 is 5.32 Å². The number of ether oxygens (including phenoxy) is 1. The first-order chi connectivity index (χ1) is 14.3. The maximum atomic E-state index is 13.1. The summed E-state index contributed by atoms with van der Waals surface area (Å²) in [7, 11) is -1.72. The first-order valence-electron chi connectivity index (χ1n) is 8.94. The molecule has 11 heteroatoms.